The molecule has 31 heavy (non-hydrogen) atoms. The Balaban J connectivity index is 1.46. The van der Waals surface area contributed by atoms with Crippen LogP contribution in [0.1, 0.15) is 34.7 Å². The topological polar surface area (TPSA) is 95.7 Å². The van der Waals surface area contributed by atoms with E-state index < -0.39 is 4.92 Å². The number of anilines is 2. The minimum absolute atomic E-state index is 0.131. The van der Waals surface area contributed by atoms with Gasteiger partial charge in [-0.05, 0) is 60.7 Å². The zero-order chi connectivity index (χ0) is 21.8. The third-order valence-corrected chi connectivity index (χ3v) is 5.64. The smallest absolute Gasteiger partial charge is 0.293 e. The second-order valence-electron chi connectivity index (χ2n) is 7.64. The van der Waals surface area contributed by atoms with Gasteiger partial charge in [0, 0.05) is 30.4 Å². The Bertz CT molecular complexity index is 1080. The van der Waals surface area contributed by atoms with Crippen molar-refractivity contribution in [2.75, 3.05) is 18.4 Å². The summed E-state index contributed by atoms with van der Waals surface area (Å²) >= 11 is 0. The van der Waals surface area contributed by atoms with Crippen molar-refractivity contribution in [1.29, 1.82) is 0 Å². The lowest BCUT2D eigenvalue weighted by Gasteiger charge is -2.32. The van der Waals surface area contributed by atoms with Gasteiger partial charge < -0.3 is 15.3 Å². The van der Waals surface area contributed by atoms with E-state index in [4.69, 9.17) is 0 Å². The van der Waals surface area contributed by atoms with Crippen LogP contribution in [0.3, 0.4) is 0 Å². The number of benzene rings is 3. The standard InChI is InChI=1S/C24H23N3O4/c28-21-9-6-17(7-10-21)18-12-14-26(15-13-18)24(29)19-8-11-22(23(16-19)27(30)31)25-20-4-2-1-3-5-20/h1-11,16,18,25,28H,12-15H2. The van der Waals surface area contributed by atoms with Gasteiger partial charge in [-0.2, -0.15) is 0 Å². The van der Waals surface area contributed by atoms with E-state index in [0.717, 1.165) is 24.1 Å². The molecule has 1 fully saturated rings. The fourth-order valence-electron chi connectivity index (χ4n) is 3.94. The van der Waals surface area contributed by atoms with Crippen LogP contribution in [0, 0.1) is 10.1 Å². The molecule has 0 unspecified atom stereocenters. The summed E-state index contributed by atoms with van der Waals surface area (Å²) in [6.45, 7) is 1.17. The molecule has 0 aliphatic carbocycles. The number of nitrogens with zero attached hydrogens (tertiary/aromatic N) is 2. The van der Waals surface area contributed by atoms with E-state index in [1.807, 2.05) is 42.5 Å². The number of carbonyl (C=O) groups is 1. The number of hydrogen-bond acceptors (Lipinski definition) is 5. The van der Waals surface area contributed by atoms with Crippen molar-refractivity contribution in [2.24, 2.45) is 0 Å². The van der Waals surface area contributed by atoms with Gasteiger partial charge in [0.15, 0.2) is 0 Å². The molecule has 1 aliphatic rings. The monoisotopic (exact) mass is 417 g/mol. The lowest BCUT2D eigenvalue weighted by molar-refractivity contribution is -0.383. The van der Waals surface area contributed by atoms with Crippen LogP contribution in [0.2, 0.25) is 0 Å². The van der Waals surface area contributed by atoms with Crippen LogP contribution in [0.15, 0.2) is 72.8 Å². The molecule has 3 aromatic carbocycles. The molecule has 2 N–H and O–H groups in total. The van der Waals surface area contributed by atoms with Gasteiger partial charge in [0.2, 0.25) is 0 Å². The van der Waals surface area contributed by atoms with E-state index in [1.54, 1.807) is 29.2 Å². The number of carbonyl (C=O) groups excluding carboxylic acids is 1. The van der Waals surface area contributed by atoms with Crippen molar-refractivity contribution in [3.63, 3.8) is 0 Å². The molecule has 1 saturated heterocycles. The normalized spacial score (nSPS) is 14.3. The highest BCUT2D eigenvalue weighted by atomic mass is 16.6. The quantitative estimate of drug-likeness (QED) is 0.447. The predicted molar refractivity (Wildman–Crippen MR) is 119 cm³/mol. The predicted octanol–water partition coefficient (Wildman–Crippen LogP) is 5.06. The fourth-order valence-corrected chi connectivity index (χ4v) is 3.94. The first-order valence-corrected chi connectivity index (χ1v) is 10.2. The Morgan fingerprint density at radius 3 is 2.32 bits per heavy atom. The molecule has 1 heterocycles. The number of nitro groups is 1. The van der Waals surface area contributed by atoms with E-state index in [9.17, 15) is 20.0 Å². The van der Waals surface area contributed by atoms with E-state index >= 15 is 0 Å². The van der Waals surface area contributed by atoms with Crippen molar-refractivity contribution >= 4 is 23.0 Å². The average molecular weight is 417 g/mol. The third-order valence-electron chi connectivity index (χ3n) is 5.64. The minimum atomic E-state index is -0.473. The Kier molecular flexibility index (Phi) is 5.84. The first-order chi connectivity index (χ1) is 15.0. The van der Waals surface area contributed by atoms with Gasteiger partial charge in [-0.15, -0.1) is 0 Å². The molecule has 0 aromatic heterocycles. The summed E-state index contributed by atoms with van der Waals surface area (Å²) in [5, 5.41) is 24.1. The van der Waals surface area contributed by atoms with Crippen LogP contribution in [-0.2, 0) is 0 Å². The van der Waals surface area contributed by atoms with E-state index in [1.165, 1.54) is 6.07 Å². The molecule has 1 aliphatic heterocycles. The Labute approximate surface area is 180 Å². The van der Waals surface area contributed by atoms with Crippen molar-refractivity contribution < 1.29 is 14.8 Å². The van der Waals surface area contributed by atoms with Gasteiger partial charge in [-0.3, -0.25) is 14.9 Å². The van der Waals surface area contributed by atoms with Gasteiger partial charge >= 0.3 is 0 Å². The molecule has 0 saturated carbocycles. The molecule has 7 heteroatoms. The lowest BCUT2D eigenvalue weighted by atomic mass is 9.89. The molecule has 0 atom stereocenters. The number of rotatable bonds is 5. The number of phenolic OH excluding ortho intramolecular Hbond substituents is 1. The number of phenols is 1. The van der Waals surface area contributed by atoms with Gasteiger partial charge in [0.05, 0.1) is 4.92 Å². The maximum atomic E-state index is 13.0. The zero-order valence-electron chi connectivity index (χ0n) is 16.9. The number of nitro benzene ring substituents is 1. The van der Waals surface area contributed by atoms with E-state index in [0.29, 0.717) is 30.3 Å². The first kappa shape index (κ1) is 20.4. The highest BCUT2D eigenvalue weighted by Crippen LogP contribution is 2.32. The van der Waals surface area contributed by atoms with Gasteiger partial charge in [0.25, 0.3) is 11.6 Å². The van der Waals surface area contributed by atoms with Crippen molar-refractivity contribution in [3.05, 3.63) is 94.0 Å². The SMILES string of the molecule is O=C(c1ccc(Nc2ccccc2)c([N+](=O)[O-])c1)N1CCC(c2ccc(O)cc2)CC1. The molecule has 158 valence electrons. The molecule has 0 spiro atoms. The Hall–Kier alpha value is -3.87. The van der Waals surface area contributed by atoms with Crippen LogP contribution in [-0.4, -0.2) is 33.9 Å². The maximum Gasteiger partial charge on any atom is 0.293 e. The summed E-state index contributed by atoms with van der Waals surface area (Å²) in [4.78, 5) is 25.9. The highest BCUT2D eigenvalue weighted by Gasteiger charge is 2.26. The largest absolute Gasteiger partial charge is 0.508 e. The molecular formula is C24H23N3O4. The van der Waals surface area contributed by atoms with Crippen LogP contribution in [0.5, 0.6) is 5.75 Å². The molecule has 4 rings (SSSR count). The molecule has 1 amide bonds. The molecule has 0 radical (unpaired) electrons. The number of amides is 1. The van der Waals surface area contributed by atoms with Gasteiger partial charge in [-0.25, -0.2) is 0 Å². The van der Waals surface area contributed by atoms with Crippen LogP contribution < -0.4 is 5.32 Å². The van der Waals surface area contributed by atoms with Crippen molar-refractivity contribution in [3.8, 4) is 5.75 Å². The zero-order valence-corrected chi connectivity index (χ0v) is 16.9. The minimum Gasteiger partial charge on any atom is -0.508 e. The average Bonchev–Trinajstić information content (AvgIpc) is 2.80. The number of para-hydroxylation sites is 1. The van der Waals surface area contributed by atoms with Gasteiger partial charge in [-0.1, -0.05) is 30.3 Å². The highest BCUT2D eigenvalue weighted by molar-refractivity contribution is 5.96. The number of aromatic hydroxyl groups is 1. The summed E-state index contributed by atoms with van der Waals surface area (Å²) in [7, 11) is 0. The van der Waals surface area contributed by atoms with E-state index in [-0.39, 0.29) is 17.3 Å². The number of likely N-dealkylation sites (tertiary alicyclic amines) is 1. The molecule has 0 bridgehead atoms. The molecular weight excluding hydrogens is 394 g/mol. The number of hydrogen-bond donors (Lipinski definition) is 2. The second kappa shape index (κ2) is 8.87. The lowest BCUT2D eigenvalue weighted by Crippen LogP contribution is -2.37. The summed E-state index contributed by atoms with van der Waals surface area (Å²) in [6, 6.07) is 20.9. The summed E-state index contributed by atoms with van der Waals surface area (Å²) in [5.74, 6) is 0.373. The van der Waals surface area contributed by atoms with E-state index in [2.05, 4.69) is 5.32 Å². The van der Waals surface area contributed by atoms with Gasteiger partial charge in [0.1, 0.15) is 11.4 Å². The number of nitrogens with one attached hydrogen (secondary N) is 1. The Morgan fingerprint density at radius 1 is 1.00 bits per heavy atom. The fraction of sp³-hybridized carbons (Fsp3) is 0.208. The second-order valence-corrected chi connectivity index (χ2v) is 7.64. The molecule has 3 aromatic rings. The first-order valence-electron chi connectivity index (χ1n) is 10.2. The van der Waals surface area contributed by atoms with Crippen LogP contribution >= 0.6 is 0 Å². The van der Waals surface area contributed by atoms with Crippen LogP contribution in [0.4, 0.5) is 17.1 Å². The summed E-state index contributed by atoms with van der Waals surface area (Å²) in [6.07, 6.45) is 1.62. The number of piperidine rings is 1. The van der Waals surface area contributed by atoms with Crippen molar-refractivity contribution in [2.45, 2.75) is 18.8 Å². The van der Waals surface area contributed by atoms with Crippen LogP contribution in [0.25, 0.3) is 0 Å². The Morgan fingerprint density at radius 2 is 1.68 bits per heavy atom. The third kappa shape index (κ3) is 4.66. The summed E-state index contributed by atoms with van der Waals surface area (Å²) in [5.41, 5.74) is 2.42. The van der Waals surface area contributed by atoms with Crippen molar-refractivity contribution in [1.82, 2.24) is 4.90 Å². The maximum absolute atomic E-state index is 13.0. The molecule has 7 nitrogen and oxygen atoms in total. The summed E-state index contributed by atoms with van der Waals surface area (Å²) < 4.78 is 0.